The van der Waals surface area contributed by atoms with Crippen LogP contribution in [0.4, 0.5) is 0 Å². The molecule has 2 heteroatoms. The maximum absolute atomic E-state index is 12.6. The Bertz CT molecular complexity index is 377. The molecule has 2 aliphatic carbocycles. The maximum Gasteiger partial charge on any atom is 0.142 e. The van der Waals surface area contributed by atoms with E-state index in [1.54, 1.807) is 0 Å². The predicted octanol–water partition coefficient (Wildman–Crippen LogP) is 1.45. The Balaban J connectivity index is 1.82. The standard InChI is InChI=1S/C16H25NO/c1-11-8-12-9-15(18)14-5-3-7-17-6-2-4-13(12)16(14,17)10-11/h11-14H,2-10H2,1H3/p+1. The first-order valence-electron chi connectivity index (χ1n) is 8.09. The van der Waals surface area contributed by atoms with Gasteiger partial charge in [-0.2, -0.15) is 0 Å². The van der Waals surface area contributed by atoms with E-state index in [0.29, 0.717) is 17.2 Å². The number of rotatable bonds is 0. The van der Waals surface area contributed by atoms with Gasteiger partial charge in [0.25, 0.3) is 0 Å². The van der Waals surface area contributed by atoms with Crippen LogP contribution in [0.2, 0.25) is 0 Å². The summed E-state index contributed by atoms with van der Waals surface area (Å²) in [6.07, 6.45) is 8.93. The number of Topliss-reactive ketones (excluding diaryl/α,β-unsaturated/α-hetero) is 1. The van der Waals surface area contributed by atoms with Crippen LogP contribution < -0.4 is 4.90 Å². The van der Waals surface area contributed by atoms with Crippen molar-refractivity contribution in [3.05, 3.63) is 0 Å². The van der Waals surface area contributed by atoms with Gasteiger partial charge in [-0.25, -0.2) is 0 Å². The Morgan fingerprint density at radius 1 is 1.22 bits per heavy atom. The van der Waals surface area contributed by atoms with Gasteiger partial charge in [-0.05, 0) is 43.9 Å². The van der Waals surface area contributed by atoms with Crippen molar-refractivity contribution in [1.29, 1.82) is 0 Å². The molecular weight excluding hydrogens is 222 g/mol. The normalized spacial score (nSPS) is 54.9. The quantitative estimate of drug-likeness (QED) is 0.688. The van der Waals surface area contributed by atoms with Gasteiger partial charge in [-0.3, -0.25) is 4.79 Å². The van der Waals surface area contributed by atoms with Crippen molar-refractivity contribution in [3.8, 4) is 0 Å². The van der Waals surface area contributed by atoms with Crippen molar-refractivity contribution in [2.75, 3.05) is 13.1 Å². The number of ketones is 1. The molecule has 1 N–H and O–H groups in total. The zero-order valence-electron chi connectivity index (χ0n) is 11.6. The van der Waals surface area contributed by atoms with Crippen LogP contribution in [0.25, 0.3) is 0 Å². The fourth-order valence-electron chi connectivity index (χ4n) is 6.44. The van der Waals surface area contributed by atoms with E-state index in [1.165, 1.54) is 51.6 Å². The molecule has 0 aromatic heterocycles. The van der Waals surface area contributed by atoms with Crippen LogP contribution >= 0.6 is 0 Å². The third-order valence-corrected chi connectivity index (χ3v) is 6.72. The van der Waals surface area contributed by atoms with Gasteiger partial charge in [0.1, 0.15) is 11.3 Å². The van der Waals surface area contributed by atoms with E-state index in [-0.39, 0.29) is 0 Å². The summed E-state index contributed by atoms with van der Waals surface area (Å²) in [6, 6.07) is 0. The van der Waals surface area contributed by atoms with E-state index in [9.17, 15) is 4.79 Å². The molecule has 4 rings (SSSR count). The van der Waals surface area contributed by atoms with E-state index in [2.05, 4.69) is 6.92 Å². The van der Waals surface area contributed by atoms with Gasteiger partial charge in [0.05, 0.1) is 19.0 Å². The SMILES string of the molecule is CC1CC2CC(=O)C3CCC[NH+]4CCCC2C34C1. The van der Waals surface area contributed by atoms with Gasteiger partial charge < -0.3 is 4.90 Å². The van der Waals surface area contributed by atoms with Gasteiger partial charge >= 0.3 is 0 Å². The van der Waals surface area contributed by atoms with Gasteiger partial charge in [-0.1, -0.05) is 6.92 Å². The Morgan fingerprint density at radius 2 is 2.00 bits per heavy atom. The molecule has 18 heavy (non-hydrogen) atoms. The average Bonchev–Trinajstić information content (AvgIpc) is 2.33. The highest BCUT2D eigenvalue weighted by atomic mass is 16.1. The summed E-state index contributed by atoms with van der Waals surface area (Å²) in [5.74, 6) is 3.56. The van der Waals surface area contributed by atoms with Crippen molar-refractivity contribution >= 4 is 5.78 Å². The summed E-state index contributed by atoms with van der Waals surface area (Å²) in [6.45, 7) is 5.13. The number of carbonyl (C=O) groups excluding carboxylic acids is 1. The minimum Gasteiger partial charge on any atom is -0.329 e. The first-order valence-corrected chi connectivity index (χ1v) is 8.09. The van der Waals surface area contributed by atoms with Crippen molar-refractivity contribution in [3.63, 3.8) is 0 Å². The lowest BCUT2D eigenvalue weighted by atomic mass is 9.48. The monoisotopic (exact) mass is 248 g/mol. The van der Waals surface area contributed by atoms with Gasteiger partial charge in [0.15, 0.2) is 0 Å². The number of nitrogens with one attached hydrogen (secondary N) is 1. The first kappa shape index (κ1) is 11.5. The molecule has 6 unspecified atom stereocenters. The van der Waals surface area contributed by atoms with Crippen LogP contribution in [0.3, 0.4) is 0 Å². The van der Waals surface area contributed by atoms with Crippen LogP contribution in [0.5, 0.6) is 0 Å². The van der Waals surface area contributed by atoms with E-state index < -0.39 is 0 Å². The number of carbonyl (C=O) groups is 1. The summed E-state index contributed by atoms with van der Waals surface area (Å²) >= 11 is 0. The molecule has 2 aliphatic heterocycles. The summed E-state index contributed by atoms with van der Waals surface area (Å²) in [4.78, 5) is 14.4. The van der Waals surface area contributed by atoms with Crippen molar-refractivity contribution in [1.82, 2.24) is 0 Å². The Morgan fingerprint density at radius 3 is 2.83 bits per heavy atom. The average molecular weight is 248 g/mol. The Hall–Kier alpha value is -0.370. The summed E-state index contributed by atoms with van der Waals surface area (Å²) in [7, 11) is 0. The number of hydrogen-bond donors (Lipinski definition) is 1. The fourth-order valence-corrected chi connectivity index (χ4v) is 6.44. The summed E-state index contributed by atoms with van der Waals surface area (Å²) in [5, 5.41) is 0. The largest absolute Gasteiger partial charge is 0.329 e. The number of piperidine rings is 2. The fraction of sp³-hybridized carbons (Fsp3) is 0.938. The molecular formula is C16H26NO+. The smallest absolute Gasteiger partial charge is 0.142 e. The predicted molar refractivity (Wildman–Crippen MR) is 70.4 cm³/mol. The molecule has 1 spiro atoms. The zero-order chi connectivity index (χ0) is 12.3. The third kappa shape index (κ3) is 1.31. The number of hydrogen-bond acceptors (Lipinski definition) is 1. The highest BCUT2D eigenvalue weighted by molar-refractivity contribution is 5.84. The molecule has 0 amide bonds. The molecule has 6 atom stereocenters. The summed E-state index contributed by atoms with van der Waals surface area (Å²) < 4.78 is 0. The molecule has 100 valence electrons. The van der Waals surface area contributed by atoms with Crippen molar-refractivity contribution in [2.45, 2.75) is 57.4 Å². The highest BCUT2D eigenvalue weighted by Crippen LogP contribution is 2.53. The van der Waals surface area contributed by atoms with Crippen LogP contribution in [0.1, 0.15) is 51.9 Å². The van der Waals surface area contributed by atoms with Crippen LogP contribution in [-0.4, -0.2) is 24.4 Å². The van der Waals surface area contributed by atoms with E-state index in [0.717, 1.165) is 24.2 Å². The topological polar surface area (TPSA) is 21.5 Å². The molecule has 2 heterocycles. The molecule has 4 aliphatic rings. The van der Waals surface area contributed by atoms with E-state index >= 15 is 0 Å². The lowest BCUT2D eigenvalue weighted by Gasteiger charge is -2.62. The third-order valence-electron chi connectivity index (χ3n) is 6.72. The maximum atomic E-state index is 12.6. The second-order valence-corrected chi connectivity index (χ2v) is 7.56. The zero-order valence-corrected chi connectivity index (χ0v) is 11.6. The van der Waals surface area contributed by atoms with Crippen LogP contribution in [0, 0.1) is 23.7 Å². The van der Waals surface area contributed by atoms with Gasteiger partial charge in [0, 0.05) is 18.8 Å². The first-order chi connectivity index (χ1) is 8.72. The van der Waals surface area contributed by atoms with Crippen molar-refractivity contribution in [2.24, 2.45) is 23.7 Å². The van der Waals surface area contributed by atoms with E-state index in [4.69, 9.17) is 0 Å². The minimum atomic E-state index is 0.397. The Labute approximate surface area is 110 Å². The molecule has 2 nitrogen and oxygen atoms in total. The van der Waals surface area contributed by atoms with Gasteiger partial charge in [-0.15, -0.1) is 0 Å². The van der Waals surface area contributed by atoms with Gasteiger partial charge in [0.2, 0.25) is 0 Å². The number of quaternary nitrogens is 1. The van der Waals surface area contributed by atoms with Crippen molar-refractivity contribution < 1.29 is 9.69 Å². The minimum absolute atomic E-state index is 0.397. The molecule has 0 aromatic rings. The van der Waals surface area contributed by atoms with E-state index in [1.807, 2.05) is 4.90 Å². The molecule has 2 bridgehead atoms. The Kier molecular flexibility index (Phi) is 2.43. The lowest BCUT2D eigenvalue weighted by Crippen LogP contribution is -3.25. The second kappa shape index (κ2) is 3.82. The molecule has 2 saturated carbocycles. The molecule has 2 saturated heterocycles. The molecule has 0 aromatic carbocycles. The highest BCUT2D eigenvalue weighted by Gasteiger charge is 2.65. The molecule has 4 fully saturated rings. The molecule has 0 radical (unpaired) electrons. The lowest BCUT2D eigenvalue weighted by molar-refractivity contribution is -0.975. The van der Waals surface area contributed by atoms with Crippen LogP contribution in [0.15, 0.2) is 0 Å². The summed E-state index contributed by atoms with van der Waals surface area (Å²) in [5.41, 5.74) is 0.397. The second-order valence-electron chi connectivity index (χ2n) is 7.56. The van der Waals surface area contributed by atoms with Crippen LogP contribution in [-0.2, 0) is 4.79 Å².